The van der Waals surface area contributed by atoms with E-state index in [9.17, 15) is 4.79 Å². The Morgan fingerprint density at radius 3 is 2.69 bits per heavy atom. The molecule has 0 unspecified atom stereocenters. The summed E-state index contributed by atoms with van der Waals surface area (Å²) in [4.78, 5) is 26.6. The molecule has 0 saturated heterocycles. The lowest BCUT2D eigenvalue weighted by molar-refractivity contribution is 0.0587. The highest BCUT2D eigenvalue weighted by molar-refractivity contribution is 6.30. The fourth-order valence-corrected chi connectivity index (χ4v) is 4.60. The molecule has 1 aliphatic rings. The smallest absolute Gasteiger partial charge is 0.376 e. The monoisotopic (exact) mass is 545 g/mol. The predicted molar refractivity (Wildman–Crippen MR) is 154 cm³/mol. The highest BCUT2D eigenvalue weighted by Gasteiger charge is 2.25. The third-order valence-electron chi connectivity index (χ3n) is 6.72. The molecule has 0 bridgehead atoms. The summed E-state index contributed by atoms with van der Waals surface area (Å²) in [5, 5.41) is 4.13. The molecule has 0 spiro atoms. The van der Waals surface area contributed by atoms with Crippen LogP contribution in [0.1, 0.15) is 47.4 Å². The summed E-state index contributed by atoms with van der Waals surface area (Å²) < 4.78 is 13.2. The van der Waals surface area contributed by atoms with Crippen molar-refractivity contribution in [2.24, 2.45) is 5.92 Å². The molecule has 2 aromatic carbocycles. The quantitative estimate of drug-likeness (QED) is 0.124. The average Bonchev–Trinajstić information content (AvgIpc) is 3.70. The van der Waals surface area contributed by atoms with E-state index in [0.29, 0.717) is 46.7 Å². The van der Waals surface area contributed by atoms with E-state index in [1.165, 1.54) is 20.0 Å². The van der Waals surface area contributed by atoms with E-state index in [1.807, 2.05) is 49.4 Å². The number of carbonyl (C=O) groups is 1. The van der Waals surface area contributed by atoms with Crippen molar-refractivity contribution in [3.05, 3.63) is 77.1 Å². The fraction of sp³-hybridized carbons (Fsp3) is 0.333. The van der Waals surface area contributed by atoms with Gasteiger partial charge in [-0.15, -0.1) is 6.58 Å². The van der Waals surface area contributed by atoms with Crippen LogP contribution < -0.4 is 10.1 Å². The fourth-order valence-electron chi connectivity index (χ4n) is 4.47. The maximum absolute atomic E-state index is 12.5. The highest BCUT2D eigenvalue weighted by atomic mass is 35.5. The Morgan fingerprint density at radius 1 is 1.18 bits per heavy atom. The molecule has 8 nitrogen and oxygen atoms in total. The molecule has 1 aliphatic carbocycles. The summed E-state index contributed by atoms with van der Waals surface area (Å²) in [7, 11) is 1.32. The van der Waals surface area contributed by atoms with Gasteiger partial charge in [-0.3, -0.25) is 0 Å². The molecule has 4 aromatic rings. The van der Waals surface area contributed by atoms with E-state index in [4.69, 9.17) is 26.1 Å². The highest BCUT2D eigenvalue weighted by Crippen LogP contribution is 2.36. The number of hydrogen-bond donors (Lipinski definition) is 1. The van der Waals surface area contributed by atoms with Gasteiger partial charge in [-0.1, -0.05) is 54.3 Å². The van der Waals surface area contributed by atoms with Gasteiger partial charge in [0.05, 0.1) is 19.3 Å². The first kappa shape index (κ1) is 26.7. The molecule has 39 heavy (non-hydrogen) atoms. The summed E-state index contributed by atoms with van der Waals surface area (Å²) >= 11 is 6.17. The summed E-state index contributed by atoms with van der Waals surface area (Å²) in [6.07, 6.45) is 6.10. The number of nitrogens with one attached hydrogen (secondary N) is 1. The Hall–Kier alpha value is -3.91. The molecule has 1 fully saturated rings. The van der Waals surface area contributed by atoms with E-state index < -0.39 is 5.97 Å². The van der Waals surface area contributed by atoms with E-state index in [1.54, 1.807) is 0 Å². The maximum Gasteiger partial charge on any atom is 0.376 e. The zero-order valence-electron chi connectivity index (χ0n) is 22.2. The lowest BCUT2D eigenvalue weighted by Crippen LogP contribution is -2.13. The van der Waals surface area contributed by atoms with Crippen LogP contribution in [0.4, 0.5) is 5.82 Å². The number of halogens is 1. The van der Waals surface area contributed by atoms with Crippen LogP contribution in [0.3, 0.4) is 0 Å². The number of benzene rings is 2. The first-order valence-corrected chi connectivity index (χ1v) is 13.5. The van der Waals surface area contributed by atoms with Crippen LogP contribution in [0.15, 0.2) is 55.1 Å². The third kappa shape index (κ3) is 6.23. The molecule has 2 aromatic heterocycles. The zero-order chi connectivity index (χ0) is 27.4. The molecular formula is C30H32ClN5O3. The number of aryl methyl sites for hydroxylation is 1. The summed E-state index contributed by atoms with van der Waals surface area (Å²) in [5.41, 5.74) is 4.04. The van der Waals surface area contributed by atoms with Crippen molar-refractivity contribution in [1.82, 2.24) is 19.5 Å². The minimum absolute atomic E-state index is 0.0340. The molecular weight excluding hydrogens is 514 g/mol. The molecule has 2 heterocycles. The maximum atomic E-state index is 12.5. The molecule has 1 saturated carbocycles. The van der Waals surface area contributed by atoms with Crippen LogP contribution in [-0.4, -0.2) is 45.7 Å². The second kappa shape index (κ2) is 11.9. The van der Waals surface area contributed by atoms with E-state index in [2.05, 4.69) is 32.5 Å². The summed E-state index contributed by atoms with van der Waals surface area (Å²) in [6, 6.07) is 13.7. The van der Waals surface area contributed by atoms with Crippen LogP contribution in [0, 0.1) is 12.8 Å². The SMILES string of the molecule is C=CCCOc1ccc(C)cc1-c1nc2nc(C(=O)OC)nc(NCCC3CC3)c2n1Cc1ccc(Cl)cc1. The Balaban J connectivity index is 1.69. The van der Waals surface area contributed by atoms with Gasteiger partial charge in [0.2, 0.25) is 5.82 Å². The van der Waals surface area contributed by atoms with E-state index in [-0.39, 0.29) is 5.82 Å². The van der Waals surface area contributed by atoms with Crippen molar-refractivity contribution in [3.63, 3.8) is 0 Å². The second-order valence-corrected chi connectivity index (χ2v) is 10.2. The van der Waals surface area contributed by atoms with Gasteiger partial charge in [-0.25, -0.2) is 19.7 Å². The number of rotatable bonds is 12. The van der Waals surface area contributed by atoms with Crippen LogP contribution in [0.2, 0.25) is 5.02 Å². The third-order valence-corrected chi connectivity index (χ3v) is 6.97. The van der Waals surface area contributed by atoms with Crippen molar-refractivity contribution < 1.29 is 14.3 Å². The van der Waals surface area contributed by atoms with Crippen LogP contribution in [0.5, 0.6) is 5.75 Å². The Kier molecular flexibility index (Phi) is 8.12. The number of nitrogens with zero attached hydrogens (tertiary/aromatic N) is 4. The first-order valence-electron chi connectivity index (χ1n) is 13.2. The number of ether oxygens (including phenoxy) is 2. The van der Waals surface area contributed by atoms with Crippen LogP contribution in [-0.2, 0) is 11.3 Å². The van der Waals surface area contributed by atoms with Crippen molar-refractivity contribution in [2.75, 3.05) is 25.6 Å². The standard InChI is InChI=1S/C30H32ClN5O3/c1-4-5-16-39-24-13-6-19(2)17-23(24)29-35-27-25(36(29)18-21-9-11-22(31)12-10-21)26(32-15-14-20-7-8-20)33-28(34-27)30(37)38-3/h4,6,9-13,17,20H,1,5,7-8,14-16,18H2,2-3H3,(H,32,33,34). The zero-order valence-corrected chi connectivity index (χ0v) is 23.0. The largest absolute Gasteiger partial charge is 0.493 e. The molecule has 5 rings (SSSR count). The van der Waals surface area contributed by atoms with Crippen LogP contribution in [0.25, 0.3) is 22.6 Å². The minimum atomic E-state index is -0.611. The average molecular weight is 546 g/mol. The van der Waals surface area contributed by atoms with Gasteiger partial charge in [0.25, 0.3) is 0 Å². The lowest BCUT2D eigenvalue weighted by Gasteiger charge is -2.16. The molecule has 0 aliphatic heterocycles. The number of aromatic nitrogens is 4. The number of anilines is 1. The van der Waals surface area contributed by atoms with Gasteiger partial charge in [-0.2, -0.15) is 0 Å². The molecule has 202 valence electrons. The lowest BCUT2D eigenvalue weighted by atomic mass is 10.1. The van der Waals surface area contributed by atoms with Crippen molar-refractivity contribution in [2.45, 2.75) is 39.2 Å². The van der Waals surface area contributed by atoms with E-state index >= 15 is 0 Å². The van der Waals surface area contributed by atoms with Gasteiger partial charge < -0.3 is 19.4 Å². The number of carbonyl (C=O) groups excluding carboxylic acids is 1. The van der Waals surface area contributed by atoms with Crippen molar-refractivity contribution >= 4 is 34.6 Å². The van der Waals surface area contributed by atoms with Gasteiger partial charge in [-0.05, 0) is 55.5 Å². The Morgan fingerprint density at radius 2 is 1.97 bits per heavy atom. The summed E-state index contributed by atoms with van der Waals surface area (Å²) in [6.45, 7) is 7.55. The Labute approximate surface area is 233 Å². The molecule has 0 atom stereocenters. The number of methoxy groups -OCH3 is 1. The van der Waals surface area contributed by atoms with Crippen molar-refractivity contribution in [1.29, 1.82) is 0 Å². The van der Waals surface area contributed by atoms with Crippen LogP contribution >= 0.6 is 11.6 Å². The second-order valence-electron chi connectivity index (χ2n) is 9.79. The minimum Gasteiger partial charge on any atom is -0.493 e. The molecule has 0 amide bonds. The van der Waals surface area contributed by atoms with Gasteiger partial charge in [0, 0.05) is 18.1 Å². The Bertz CT molecular complexity index is 1500. The molecule has 0 radical (unpaired) electrons. The molecule has 9 heteroatoms. The number of hydrogen-bond acceptors (Lipinski definition) is 7. The van der Waals surface area contributed by atoms with Gasteiger partial charge in [0.15, 0.2) is 11.5 Å². The van der Waals surface area contributed by atoms with Gasteiger partial charge >= 0.3 is 5.97 Å². The van der Waals surface area contributed by atoms with E-state index in [0.717, 1.165) is 42.0 Å². The predicted octanol–water partition coefficient (Wildman–Crippen LogP) is 6.46. The topological polar surface area (TPSA) is 91.2 Å². The van der Waals surface area contributed by atoms with Crippen molar-refractivity contribution in [3.8, 4) is 17.1 Å². The molecule has 1 N–H and O–H groups in total. The number of imidazole rings is 1. The number of fused-ring (bicyclic) bond motifs is 1. The first-order chi connectivity index (χ1) is 19.0. The summed E-state index contributed by atoms with van der Waals surface area (Å²) in [5.74, 6) is 2.02. The normalized spacial score (nSPS) is 12.9. The van der Waals surface area contributed by atoms with Gasteiger partial charge in [0.1, 0.15) is 17.1 Å². The number of esters is 1.